The average Bonchev–Trinajstić information content (AvgIpc) is 3.24. The number of benzene rings is 2. The van der Waals surface area contributed by atoms with Crippen LogP contribution in [0.4, 0.5) is 4.39 Å². The Hall–Kier alpha value is -3.06. The number of hydrogen-bond donors (Lipinski definition) is 1. The highest BCUT2D eigenvalue weighted by molar-refractivity contribution is 6.05. The second-order valence-corrected chi connectivity index (χ2v) is 10.5. The Balaban J connectivity index is 1.03. The molecular weight excluding hydrogens is 455 g/mol. The van der Waals surface area contributed by atoms with Crippen LogP contribution < -0.4 is 5.32 Å². The van der Waals surface area contributed by atoms with Crippen molar-refractivity contribution in [2.75, 3.05) is 19.6 Å². The van der Waals surface area contributed by atoms with Gasteiger partial charge < -0.3 is 10.2 Å². The van der Waals surface area contributed by atoms with E-state index in [0.29, 0.717) is 17.2 Å². The molecule has 2 fully saturated rings. The minimum Gasteiger partial charge on any atom is -0.348 e. The van der Waals surface area contributed by atoms with E-state index in [1.165, 1.54) is 18.6 Å². The average molecular weight is 491 g/mol. The first-order valence-electron chi connectivity index (χ1n) is 13.2. The molecule has 5 rings (SSSR count). The van der Waals surface area contributed by atoms with Crippen LogP contribution in [0.5, 0.6) is 0 Å². The maximum Gasteiger partial charge on any atom is 0.270 e. The van der Waals surface area contributed by atoms with Gasteiger partial charge in [0, 0.05) is 30.0 Å². The van der Waals surface area contributed by atoms with Gasteiger partial charge in [-0.2, -0.15) is 5.10 Å². The summed E-state index contributed by atoms with van der Waals surface area (Å²) >= 11 is 0. The van der Waals surface area contributed by atoms with Crippen LogP contribution in [0.15, 0.2) is 48.5 Å². The van der Waals surface area contributed by atoms with Crippen LogP contribution in [-0.4, -0.2) is 52.0 Å². The summed E-state index contributed by atoms with van der Waals surface area (Å²) in [4.78, 5) is 28.2. The quantitative estimate of drug-likeness (QED) is 0.474. The molecule has 1 saturated carbocycles. The molecule has 0 spiro atoms. The standard InChI is InChI=1S/C29H35FN4O2/c1-33-27(25-4-2-3-5-26(25)32-33)29(36)31-24-12-6-20(7-13-24)14-17-34-18-15-22(16-19-34)28(35)21-8-10-23(30)11-9-21/h2-5,8-11,20,22,24H,6-7,12-19H2,1H3,(H,31,36). The second kappa shape index (κ2) is 10.9. The van der Waals surface area contributed by atoms with E-state index in [1.54, 1.807) is 16.8 Å². The molecule has 0 atom stereocenters. The highest BCUT2D eigenvalue weighted by Crippen LogP contribution is 2.29. The molecule has 1 amide bonds. The Morgan fingerprint density at radius 1 is 0.972 bits per heavy atom. The first-order chi connectivity index (χ1) is 17.5. The Morgan fingerprint density at radius 2 is 1.67 bits per heavy atom. The fourth-order valence-electron chi connectivity index (χ4n) is 5.90. The summed E-state index contributed by atoms with van der Waals surface area (Å²) in [5.74, 6) is 0.540. The number of aryl methyl sites for hydroxylation is 1. The minimum atomic E-state index is -0.306. The van der Waals surface area contributed by atoms with Crippen molar-refractivity contribution in [3.8, 4) is 0 Å². The topological polar surface area (TPSA) is 67.2 Å². The number of piperidine rings is 1. The molecule has 0 radical (unpaired) electrons. The van der Waals surface area contributed by atoms with Crippen LogP contribution in [0.3, 0.4) is 0 Å². The predicted octanol–water partition coefficient (Wildman–Crippen LogP) is 4.99. The lowest BCUT2D eigenvalue weighted by Crippen LogP contribution is -2.40. The van der Waals surface area contributed by atoms with Crippen LogP contribution >= 0.6 is 0 Å². The Morgan fingerprint density at radius 3 is 2.39 bits per heavy atom. The number of hydrogen-bond acceptors (Lipinski definition) is 4. The van der Waals surface area contributed by atoms with Gasteiger partial charge in [0.1, 0.15) is 11.5 Å². The van der Waals surface area contributed by atoms with E-state index in [2.05, 4.69) is 15.3 Å². The molecule has 0 unspecified atom stereocenters. The van der Waals surface area contributed by atoms with E-state index in [9.17, 15) is 14.0 Å². The molecule has 1 aliphatic heterocycles. The first kappa shape index (κ1) is 24.6. The van der Waals surface area contributed by atoms with Gasteiger partial charge in [0.2, 0.25) is 0 Å². The predicted molar refractivity (Wildman–Crippen MR) is 138 cm³/mol. The third-order valence-electron chi connectivity index (χ3n) is 8.08. The number of Topliss-reactive ketones (excluding diaryl/α,β-unsaturated/α-hetero) is 1. The van der Waals surface area contributed by atoms with Crippen molar-refractivity contribution in [3.05, 3.63) is 65.6 Å². The lowest BCUT2D eigenvalue weighted by molar-refractivity contribution is 0.0832. The number of carbonyl (C=O) groups excluding carboxylic acids is 2. The Labute approximate surface area is 211 Å². The van der Waals surface area contributed by atoms with Gasteiger partial charge in [-0.05, 0) is 101 Å². The van der Waals surface area contributed by atoms with Gasteiger partial charge in [-0.15, -0.1) is 0 Å². The van der Waals surface area contributed by atoms with Gasteiger partial charge >= 0.3 is 0 Å². The van der Waals surface area contributed by atoms with Crippen molar-refractivity contribution >= 4 is 22.6 Å². The molecular formula is C29H35FN4O2. The van der Waals surface area contributed by atoms with E-state index < -0.39 is 0 Å². The highest BCUT2D eigenvalue weighted by atomic mass is 19.1. The van der Waals surface area contributed by atoms with Crippen LogP contribution in [0.1, 0.15) is 65.8 Å². The number of nitrogens with zero attached hydrogens (tertiary/aromatic N) is 3. The molecule has 1 aromatic heterocycles. The zero-order chi connectivity index (χ0) is 25.1. The highest BCUT2D eigenvalue weighted by Gasteiger charge is 2.28. The van der Waals surface area contributed by atoms with Crippen molar-refractivity contribution in [3.63, 3.8) is 0 Å². The van der Waals surface area contributed by atoms with Crippen molar-refractivity contribution in [1.82, 2.24) is 20.0 Å². The molecule has 2 heterocycles. The monoisotopic (exact) mass is 490 g/mol. The lowest BCUT2D eigenvalue weighted by Gasteiger charge is -2.34. The molecule has 2 aromatic carbocycles. The fraction of sp³-hybridized carbons (Fsp3) is 0.483. The van der Waals surface area contributed by atoms with Gasteiger partial charge in [0.05, 0.1) is 5.52 Å². The van der Waals surface area contributed by atoms with Crippen molar-refractivity contribution in [2.24, 2.45) is 18.9 Å². The number of nitrogens with one attached hydrogen (secondary N) is 1. The lowest BCUT2D eigenvalue weighted by atomic mass is 9.83. The van der Waals surface area contributed by atoms with Crippen LogP contribution in [0.2, 0.25) is 0 Å². The summed E-state index contributed by atoms with van der Waals surface area (Å²) in [6.45, 7) is 2.96. The molecule has 190 valence electrons. The number of fused-ring (bicyclic) bond motifs is 1. The SMILES string of the molecule is Cn1nc2ccccc2c1C(=O)NC1CCC(CCN2CCC(C(=O)c3ccc(F)cc3)CC2)CC1. The largest absolute Gasteiger partial charge is 0.348 e. The third kappa shape index (κ3) is 5.51. The zero-order valence-corrected chi connectivity index (χ0v) is 21.0. The van der Waals surface area contributed by atoms with Crippen LogP contribution in [-0.2, 0) is 7.05 Å². The molecule has 1 N–H and O–H groups in total. The molecule has 36 heavy (non-hydrogen) atoms. The summed E-state index contributed by atoms with van der Waals surface area (Å²) in [5, 5.41) is 8.61. The smallest absolute Gasteiger partial charge is 0.270 e. The molecule has 0 bridgehead atoms. The van der Waals surface area contributed by atoms with E-state index in [1.807, 2.05) is 31.3 Å². The van der Waals surface area contributed by atoms with E-state index >= 15 is 0 Å². The summed E-state index contributed by atoms with van der Waals surface area (Å²) in [6.07, 6.45) is 7.22. The molecule has 3 aromatic rings. The summed E-state index contributed by atoms with van der Waals surface area (Å²) in [6, 6.07) is 13.9. The summed E-state index contributed by atoms with van der Waals surface area (Å²) in [7, 11) is 1.83. The number of ketones is 1. The van der Waals surface area contributed by atoms with E-state index in [4.69, 9.17) is 0 Å². The fourth-order valence-corrected chi connectivity index (χ4v) is 5.90. The second-order valence-electron chi connectivity index (χ2n) is 10.5. The molecule has 1 aliphatic carbocycles. The van der Waals surface area contributed by atoms with Crippen LogP contribution in [0, 0.1) is 17.7 Å². The number of carbonyl (C=O) groups is 2. The van der Waals surface area contributed by atoms with Gasteiger partial charge in [-0.1, -0.05) is 18.2 Å². The number of amides is 1. The first-order valence-corrected chi connectivity index (χ1v) is 13.2. The summed E-state index contributed by atoms with van der Waals surface area (Å²) in [5.41, 5.74) is 2.10. The number of halogens is 1. The van der Waals surface area contributed by atoms with Crippen molar-refractivity contribution in [2.45, 2.75) is 51.0 Å². The molecule has 1 saturated heterocycles. The van der Waals surface area contributed by atoms with Gasteiger partial charge in [0.15, 0.2) is 5.78 Å². The van der Waals surface area contributed by atoms with Gasteiger partial charge in [-0.3, -0.25) is 14.3 Å². The number of rotatable bonds is 7. The number of likely N-dealkylation sites (tertiary alicyclic amines) is 1. The number of aromatic nitrogens is 2. The summed E-state index contributed by atoms with van der Waals surface area (Å²) < 4.78 is 14.8. The third-order valence-corrected chi connectivity index (χ3v) is 8.08. The van der Waals surface area contributed by atoms with Gasteiger partial charge in [0.25, 0.3) is 5.91 Å². The minimum absolute atomic E-state index is 0.0345. The zero-order valence-electron chi connectivity index (χ0n) is 21.0. The molecule has 7 heteroatoms. The molecule has 6 nitrogen and oxygen atoms in total. The maximum atomic E-state index is 13.1. The van der Waals surface area contributed by atoms with Crippen molar-refractivity contribution in [1.29, 1.82) is 0 Å². The van der Waals surface area contributed by atoms with Gasteiger partial charge in [-0.25, -0.2) is 4.39 Å². The maximum absolute atomic E-state index is 13.1. The Kier molecular flexibility index (Phi) is 7.46. The van der Waals surface area contributed by atoms with E-state index in [0.717, 1.165) is 69.1 Å². The molecule has 2 aliphatic rings. The normalized spacial score (nSPS) is 21.5. The van der Waals surface area contributed by atoms with Crippen molar-refractivity contribution < 1.29 is 14.0 Å². The Bertz CT molecular complexity index is 1210. The van der Waals surface area contributed by atoms with E-state index in [-0.39, 0.29) is 29.5 Å². The van der Waals surface area contributed by atoms with Crippen LogP contribution in [0.25, 0.3) is 10.9 Å².